The Hall–Kier alpha value is -3.21. The monoisotopic (exact) mass is 321 g/mol. The van der Waals surface area contributed by atoms with Gasteiger partial charge >= 0.3 is 11.9 Å². The van der Waals surface area contributed by atoms with Crippen molar-refractivity contribution < 1.29 is 19.1 Å². The van der Waals surface area contributed by atoms with Crippen LogP contribution in [0.4, 0.5) is 0 Å². The van der Waals surface area contributed by atoms with Crippen molar-refractivity contribution in [3.63, 3.8) is 0 Å². The Balaban J connectivity index is 1.90. The number of aryl methyl sites for hydroxylation is 1. The lowest BCUT2D eigenvalue weighted by Crippen LogP contribution is -2.05. The van der Waals surface area contributed by atoms with Crippen molar-refractivity contribution in [3.8, 4) is 5.75 Å². The summed E-state index contributed by atoms with van der Waals surface area (Å²) in [6.45, 7) is 3.29. The smallest absolute Gasteiger partial charge is 0.363 e. The largest absolute Gasteiger partial charge is 0.427 e. The molecule has 3 rings (SSSR count). The van der Waals surface area contributed by atoms with Crippen LogP contribution in [-0.2, 0) is 14.3 Å². The highest BCUT2D eigenvalue weighted by Crippen LogP contribution is 2.21. The van der Waals surface area contributed by atoms with Gasteiger partial charge in [-0.15, -0.1) is 0 Å². The molecule has 0 atom stereocenters. The first-order valence-corrected chi connectivity index (χ1v) is 7.39. The van der Waals surface area contributed by atoms with E-state index in [2.05, 4.69) is 4.99 Å². The molecule has 0 saturated heterocycles. The summed E-state index contributed by atoms with van der Waals surface area (Å²) in [5.74, 6) is -0.221. The molecule has 0 radical (unpaired) electrons. The van der Waals surface area contributed by atoms with Crippen molar-refractivity contribution in [2.45, 2.75) is 13.8 Å². The molecular weight excluding hydrogens is 306 g/mol. The zero-order valence-electron chi connectivity index (χ0n) is 13.3. The summed E-state index contributed by atoms with van der Waals surface area (Å²) < 4.78 is 10.3. The number of benzene rings is 2. The number of nitrogens with zero attached hydrogens (tertiary/aromatic N) is 1. The molecule has 0 aliphatic carbocycles. The minimum absolute atomic E-state index is 0.200. The Kier molecular flexibility index (Phi) is 4.24. The van der Waals surface area contributed by atoms with Gasteiger partial charge in [0.2, 0.25) is 5.90 Å². The quantitative estimate of drug-likeness (QED) is 0.494. The predicted octanol–water partition coefficient (Wildman–Crippen LogP) is 3.26. The lowest BCUT2D eigenvalue weighted by Gasteiger charge is -2.01. The first-order valence-electron chi connectivity index (χ1n) is 7.39. The lowest BCUT2D eigenvalue weighted by atomic mass is 10.1. The van der Waals surface area contributed by atoms with Gasteiger partial charge in [0.15, 0.2) is 5.70 Å². The van der Waals surface area contributed by atoms with Crippen LogP contribution >= 0.6 is 0 Å². The SMILES string of the molecule is CC(=O)Oc1cccc(/C=C2\N=C(c3cccc(C)c3)OC2=O)c1. The third kappa shape index (κ3) is 3.57. The molecule has 0 unspecified atom stereocenters. The molecule has 0 N–H and O–H groups in total. The van der Waals surface area contributed by atoms with Crippen molar-refractivity contribution in [2.75, 3.05) is 0 Å². The van der Waals surface area contributed by atoms with E-state index in [1.54, 1.807) is 30.3 Å². The molecule has 1 aliphatic heterocycles. The molecule has 1 aliphatic rings. The van der Waals surface area contributed by atoms with E-state index in [-0.39, 0.29) is 11.6 Å². The van der Waals surface area contributed by atoms with Gasteiger partial charge in [0, 0.05) is 12.5 Å². The lowest BCUT2D eigenvalue weighted by molar-refractivity contribution is -0.132. The molecule has 5 heteroatoms. The van der Waals surface area contributed by atoms with Crippen molar-refractivity contribution in [2.24, 2.45) is 4.99 Å². The van der Waals surface area contributed by atoms with Crippen molar-refractivity contribution in [1.29, 1.82) is 0 Å². The molecule has 1 heterocycles. The van der Waals surface area contributed by atoms with Crippen LogP contribution in [0, 0.1) is 6.92 Å². The number of carbonyl (C=O) groups excluding carboxylic acids is 2. The van der Waals surface area contributed by atoms with Crippen LogP contribution in [0.15, 0.2) is 59.2 Å². The van der Waals surface area contributed by atoms with Crippen LogP contribution in [0.1, 0.15) is 23.6 Å². The molecule has 24 heavy (non-hydrogen) atoms. The number of hydrogen-bond donors (Lipinski definition) is 0. The number of rotatable bonds is 3. The van der Waals surface area contributed by atoms with Gasteiger partial charge in [0.25, 0.3) is 0 Å². The minimum atomic E-state index is -0.510. The van der Waals surface area contributed by atoms with Gasteiger partial charge < -0.3 is 9.47 Å². The van der Waals surface area contributed by atoms with E-state index in [4.69, 9.17) is 9.47 Å². The van der Waals surface area contributed by atoms with E-state index >= 15 is 0 Å². The highest BCUT2D eigenvalue weighted by molar-refractivity contribution is 6.12. The third-order valence-electron chi connectivity index (χ3n) is 3.31. The number of hydrogen-bond acceptors (Lipinski definition) is 5. The molecule has 0 spiro atoms. The highest BCUT2D eigenvalue weighted by Gasteiger charge is 2.24. The third-order valence-corrected chi connectivity index (χ3v) is 3.31. The van der Waals surface area contributed by atoms with Crippen LogP contribution in [0.3, 0.4) is 0 Å². The zero-order chi connectivity index (χ0) is 17.1. The van der Waals surface area contributed by atoms with Gasteiger partial charge in [-0.05, 0) is 42.8 Å². The Bertz CT molecular complexity index is 880. The maximum Gasteiger partial charge on any atom is 0.363 e. The summed E-state index contributed by atoms with van der Waals surface area (Å²) in [6, 6.07) is 14.4. The molecule has 0 fully saturated rings. The van der Waals surface area contributed by atoms with Crippen LogP contribution in [0.2, 0.25) is 0 Å². The summed E-state index contributed by atoms with van der Waals surface area (Å²) in [4.78, 5) is 27.3. The molecule has 120 valence electrons. The fraction of sp³-hybridized carbons (Fsp3) is 0.105. The fourth-order valence-electron chi connectivity index (χ4n) is 2.30. The number of ether oxygens (including phenoxy) is 2. The first kappa shape index (κ1) is 15.7. The summed E-state index contributed by atoms with van der Waals surface area (Å²) in [7, 11) is 0. The van der Waals surface area contributed by atoms with Crippen LogP contribution in [-0.4, -0.2) is 17.8 Å². The average Bonchev–Trinajstić information content (AvgIpc) is 2.88. The van der Waals surface area contributed by atoms with Gasteiger partial charge in [-0.3, -0.25) is 4.79 Å². The van der Waals surface area contributed by atoms with Crippen molar-refractivity contribution in [1.82, 2.24) is 0 Å². The topological polar surface area (TPSA) is 65.0 Å². The normalized spacial score (nSPS) is 15.2. The maximum absolute atomic E-state index is 12.0. The summed E-state index contributed by atoms with van der Waals surface area (Å²) in [5.41, 5.74) is 2.69. The van der Waals surface area contributed by atoms with Gasteiger partial charge in [0.1, 0.15) is 5.75 Å². The number of carbonyl (C=O) groups is 2. The molecule has 0 aromatic heterocycles. The van der Waals surface area contributed by atoms with E-state index in [0.717, 1.165) is 11.1 Å². The summed E-state index contributed by atoms with van der Waals surface area (Å²) >= 11 is 0. The second-order valence-electron chi connectivity index (χ2n) is 5.37. The maximum atomic E-state index is 12.0. The van der Waals surface area contributed by atoms with Gasteiger partial charge in [-0.25, -0.2) is 9.79 Å². The molecule has 5 nitrogen and oxygen atoms in total. The number of cyclic esters (lactones) is 1. The van der Waals surface area contributed by atoms with E-state index in [0.29, 0.717) is 11.3 Å². The second-order valence-corrected chi connectivity index (χ2v) is 5.37. The van der Waals surface area contributed by atoms with Gasteiger partial charge in [-0.1, -0.05) is 29.8 Å². The second kappa shape index (κ2) is 6.50. The van der Waals surface area contributed by atoms with Crippen LogP contribution < -0.4 is 4.74 Å². The standard InChI is InChI=1S/C19H15NO4/c1-12-5-3-7-15(9-12)18-20-17(19(22)24-18)11-14-6-4-8-16(10-14)23-13(2)21/h3-11H,1-2H3/b17-11-. The van der Waals surface area contributed by atoms with Crippen LogP contribution in [0.25, 0.3) is 6.08 Å². The van der Waals surface area contributed by atoms with Crippen molar-refractivity contribution in [3.05, 3.63) is 70.9 Å². The molecule has 0 bridgehead atoms. The zero-order valence-corrected chi connectivity index (χ0v) is 13.3. The minimum Gasteiger partial charge on any atom is -0.427 e. The highest BCUT2D eigenvalue weighted by atomic mass is 16.6. The Morgan fingerprint density at radius 3 is 2.71 bits per heavy atom. The van der Waals surface area contributed by atoms with Gasteiger partial charge in [0.05, 0.1) is 0 Å². The Morgan fingerprint density at radius 1 is 1.17 bits per heavy atom. The number of esters is 2. The summed E-state index contributed by atoms with van der Waals surface area (Å²) in [6.07, 6.45) is 1.60. The molecular formula is C19H15NO4. The Labute approximate surface area is 139 Å². The number of aliphatic imine (C=N–C) groups is 1. The van der Waals surface area contributed by atoms with Gasteiger partial charge in [-0.2, -0.15) is 0 Å². The van der Waals surface area contributed by atoms with E-state index in [9.17, 15) is 9.59 Å². The van der Waals surface area contributed by atoms with E-state index in [1.807, 2.05) is 31.2 Å². The molecule has 0 amide bonds. The average molecular weight is 321 g/mol. The van der Waals surface area contributed by atoms with E-state index in [1.165, 1.54) is 6.92 Å². The summed E-state index contributed by atoms with van der Waals surface area (Å²) in [5, 5.41) is 0. The van der Waals surface area contributed by atoms with Crippen molar-refractivity contribution >= 4 is 23.9 Å². The molecule has 0 saturated carbocycles. The fourth-order valence-corrected chi connectivity index (χ4v) is 2.30. The molecule has 2 aromatic carbocycles. The molecule has 2 aromatic rings. The predicted molar refractivity (Wildman–Crippen MR) is 89.5 cm³/mol. The van der Waals surface area contributed by atoms with Crippen LogP contribution in [0.5, 0.6) is 5.75 Å². The first-order chi connectivity index (χ1) is 11.5. The van der Waals surface area contributed by atoms with E-state index < -0.39 is 11.9 Å². The Morgan fingerprint density at radius 2 is 1.96 bits per heavy atom.